The maximum atomic E-state index is 12.1. The molecule has 2 amide bonds. The van der Waals surface area contributed by atoms with Crippen LogP contribution in [-0.2, 0) is 9.53 Å². The van der Waals surface area contributed by atoms with Crippen molar-refractivity contribution in [2.75, 3.05) is 26.7 Å². The monoisotopic (exact) mass is 417 g/mol. The largest absolute Gasteiger partial charge is 0.394 e. The first kappa shape index (κ1) is 20.8. The number of hydrogen-bond donors (Lipinski definition) is 2. The van der Waals surface area contributed by atoms with Gasteiger partial charge in [0.2, 0.25) is 5.91 Å². The Morgan fingerprint density at radius 3 is 2.83 bits per heavy atom. The van der Waals surface area contributed by atoms with Crippen LogP contribution in [0.4, 0.5) is 0 Å². The van der Waals surface area contributed by atoms with E-state index in [1.54, 1.807) is 17.0 Å². The van der Waals surface area contributed by atoms with Gasteiger partial charge in [-0.1, -0.05) is 18.2 Å². The van der Waals surface area contributed by atoms with E-state index in [0.29, 0.717) is 17.0 Å². The number of morpholine rings is 1. The fourth-order valence-corrected chi connectivity index (χ4v) is 3.23. The van der Waals surface area contributed by atoms with Crippen molar-refractivity contribution >= 4 is 23.4 Å². The van der Waals surface area contributed by atoms with Gasteiger partial charge in [0, 0.05) is 13.6 Å². The number of amides is 2. The molecule has 2 aromatic rings. The second kappa shape index (κ2) is 9.08. The zero-order valence-electron chi connectivity index (χ0n) is 15.7. The van der Waals surface area contributed by atoms with Crippen LogP contribution in [0.25, 0.3) is 11.4 Å². The minimum Gasteiger partial charge on any atom is -0.394 e. The summed E-state index contributed by atoms with van der Waals surface area (Å²) < 4.78 is 5.91. The van der Waals surface area contributed by atoms with Crippen molar-refractivity contribution in [2.24, 2.45) is 0 Å². The topological polar surface area (TPSA) is 118 Å². The predicted octanol–water partition coefficient (Wildman–Crippen LogP) is 0.998. The summed E-state index contributed by atoms with van der Waals surface area (Å²) in [6.45, 7) is 3.82. The Kier molecular flexibility index (Phi) is 6.53. The van der Waals surface area contributed by atoms with Crippen LogP contribution in [0.5, 0.6) is 0 Å². The fourth-order valence-electron chi connectivity index (χ4n) is 3.02. The highest BCUT2D eigenvalue weighted by Gasteiger charge is 2.31. The van der Waals surface area contributed by atoms with Crippen LogP contribution in [0, 0.1) is 0 Å². The molecule has 1 aliphatic heterocycles. The molecule has 10 heteroatoms. The Morgan fingerprint density at radius 2 is 2.14 bits per heavy atom. The van der Waals surface area contributed by atoms with Crippen molar-refractivity contribution < 1.29 is 19.4 Å². The van der Waals surface area contributed by atoms with Crippen LogP contribution >= 0.6 is 11.6 Å². The maximum Gasteiger partial charge on any atom is 0.269 e. The molecule has 2 atom stereocenters. The van der Waals surface area contributed by atoms with Gasteiger partial charge in [0.25, 0.3) is 5.91 Å². The van der Waals surface area contributed by atoms with Gasteiger partial charge in [-0.15, -0.1) is 0 Å². The van der Waals surface area contributed by atoms with Gasteiger partial charge < -0.3 is 20.1 Å². The molecule has 2 aromatic heterocycles. The molecule has 0 aromatic carbocycles. The Balaban J connectivity index is 1.95. The molecular formula is C19H20ClN5O4. The van der Waals surface area contributed by atoms with Gasteiger partial charge in [-0.2, -0.15) is 0 Å². The predicted molar refractivity (Wildman–Crippen MR) is 105 cm³/mol. The number of carbonyl (C=O) groups excluding carboxylic acids is 2. The fraction of sp³-hybridized carbons (Fsp3) is 0.316. The molecule has 29 heavy (non-hydrogen) atoms. The zero-order valence-corrected chi connectivity index (χ0v) is 16.5. The summed E-state index contributed by atoms with van der Waals surface area (Å²) in [6.07, 6.45) is 1.44. The number of hydrogen-bond acceptors (Lipinski definition) is 7. The molecule has 2 N–H and O–H groups in total. The summed E-state index contributed by atoms with van der Waals surface area (Å²) in [4.78, 5) is 37.9. The SMILES string of the molecule is C=CC(=O)N1CC(CO)O[C@H](c2cc(Cl)nc(-c3cc(C(=O)NC)ncn3)c2)C1. The number of halogens is 1. The molecule has 0 radical (unpaired) electrons. The molecule has 0 saturated carbocycles. The van der Waals surface area contributed by atoms with E-state index in [1.165, 1.54) is 25.5 Å². The number of nitrogens with one attached hydrogen (secondary N) is 1. The van der Waals surface area contributed by atoms with E-state index < -0.39 is 12.2 Å². The molecule has 0 spiro atoms. The van der Waals surface area contributed by atoms with Crippen LogP contribution in [0.2, 0.25) is 5.15 Å². The van der Waals surface area contributed by atoms with Crippen molar-refractivity contribution in [1.82, 2.24) is 25.2 Å². The molecular weight excluding hydrogens is 398 g/mol. The molecule has 9 nitrogen and oxygen atoms in total. The minimum absolute atomic E-state index is 0.192. The lowest BCUT2D eigenvalue weighted by Gasteiger charge is -2.37. The van der Waals surface area contributed by atoms with Crippen LogP contribution in [0.15, 0.2) is 37.2 Å². The van der Waals surface area contributed by atoms with E-state index in [2.05, 4.69) is 26.8 Å². The Labute approximate surface area is 172 Å². The average Bonchev–Trinajstić information content (AvgIpc) is 2.77. The van der Waals surface area contributed by atoms with Gasteiger partial charge in [0.1, 0.15) is 23.3 Å². The van der Waals surface area contributed by atoms with E-state index in [1.807, 2.05) is 0 Å². The summed E-state index contributed by atoms with van der Waals surface area (Å²) in [6, 6.07) is 4.86. The molecule has 1 fully saturated rings. The van der Waals surface area contributed by atoms with Crippen LogP contribution in [-0.4, -0.2) is 69.6 Å². The molecule has 0 aliphatic carbocycles. The third-order valence-electron chi connectivity index (χ3n) is 4.43. The van der Waals surface area contributed by atoms with E-state index in [-0.39, 0.29) is 42.4 Å². The van der Waals surface area contributed by atoms with E-state index in [0.717, 1.165) is 0 Å². The van der Waals surface area contributed by atoms with Crippen molar-refractivity contribution in [3.05, 3.63) is 53.6 Å². The number of aromatic nitrogens is 3. The first-order chi connectivity index (χ1) is 13.9. The summed E-state index contributed by atoms with van der Waals surface area (Å²) in [5.41, 5.74) is 1.70. The van der Waals surface area contributed by atoms with E-state index in [9.17, 15) is 14.7 Å². The van der Waals surface area contributed by atoms with Gasteiger partial charge in [0.15, 0.2) is 0 Å². The number of carbonyl (C=O) groups is 2. The number of ether oxygens (including phenoxy) is 1. The summed E-state index contributed by atoms with van der Waals surface area (Å²) in [7, 11) is 1.51. The lowest BCUT2D eigenvalue weighted by Crippen LogP contribution is -2.47. The third-order valence-corrected chi connectivity index (χ3v) is 4.63. The Morgan fingerprint density at radius 1 is 1.34 bits per heavy atom. The molecule has 1 saturated heterocycles. The molecule has 3 heterocycles. The average molecular weight is 418 g/mol. The molecule has 152 valence electrons. The first-order valence-electron chi connectivity index (χ1n) is 8.84. The number of aliphatic hydroxyl groups is 1. The standard InChI is InChI=1S/C19H20ClN5O4/c1-3-18(27)25-7-12(9-26)29-16(8-25)11-4-14(24-17(20)5-11)13-6-15(19(28)21-2)23-10-22-13/h3-6,10,12,16,26H,1,7-9H2,2H3,(H,21,28)/t12?,16-/m0/s1. The number of nitrogens with zero attached hydrogens (tertiary/aromatic N) is 4. The number of rotatable bonds is 5. The van der Waals surface area contributed by atoms with E-state index in [4.69, 9.17) is 16.3 Å². The lowest BCUT2D eigenvalue weighted by molar-refractivity contribution is -0.144. The summed E-state index contributed by atoms with van der Waals surface area (Å²) in [5, 5.41) is 12.2. The third kappa shape index (κ3) is 4.76. The van der Waals surface area contributed by atoms with Crippen molar-refractivity contribution in [1.29, 1.82) is 0 Å². The number of pyridine rings is 1. The van der Waals surface area contributed by atoms with Crippen molar-refractivity contribution in [2.45, 2.75) is 12.2 Å². The second-order valence-corrected chi connectivity index (χ2v) is 6.74. The second-order valence-electron chi connectivity index (χ2n) is 6.35. The Bertz CT molecular complexity index is 939. The summed E-state index contributed by atoms with van der Waals surface area (Å²) in [5.74, 6) is -0.598. The lowest BCUT2D eigenvalue weighted by atomic mass is 10.1. The van der Waals surface area contributed by atoms with Crippen LogP contribution < -0.4 is 5.32 Å². The normalized spacial score (nSPS) is 18.9. The minimum atomic E-state index is -0.535. The number of aliphatic hydroxyl groups excluding tert-OH is 1. The van der Waals surface area contributed by atoms with Crippen molar-refractivity contribution in [3.63, 3.8) is 0 Å². The van der Waals surface area contributed by atoms with Gasteiger partial charge in [-0.25, -0.2) is 15.0 Å². The van der Waals surface area contributed by atoms with E-state index >= 15 is 0 Å². The molecule has 1 aliphatic rings. The quantitative estimate of drug-likeness (QED) is 0.550. The first-order valence-corrected chi connectivity index (χ1v) is 9.22. The van der Waals surface area contributed by atoms with Crippen molar-refractivity contribution in [3.8, 4) is 11.4 Å². The molecule has 0 bridgehead atoms. The Hall–Kier alpha value is -2.88. The molecule has 1 unspecified atom stereocenters. The van der Waals surface area contributed by atoms with Gasteiger partial charge >= 0.3 is 0 Å². The van der Waals surface area contributed by atoms with Gasteiger partial charge in [-0.05, 0) is 29.8 Å². The molecule has 3 rings (SSSR count). The smallest absolute Gasteiger partial charge is 0.269 e. The van der Waals surface area contributed by atoms with Crippen LogP contribution in [0.3, 0.4) is 0 Å². The van der Waals surface area contributed by atoms with Crippen LogP contribution in [0.1, 0.15) is 22.2 Å². The van der Waals surface area contributed by atoms with Gasteiger partial charge in [0.05, 0.1) is 30.6 Å². The zero-order chi connectivity index (χ0) is 21.0. The maximum absolute atomic E-state index is 12.1. The van der Waals surface area contributed by atoms with Gasteiger partial charge in [-0.3, -0.25) is 9.59 Å². The highest BCUT2D eigenvalue weighted by molar-refractivity contribution is 6.29. The highest BCUT2D eigenvalue weighted by atomic mass is 35.5. The summed E-state index contributed by atoms with van der Waals surface area (Å²) >= 11 is 6.21. The highest BCUT2D eigenvalue weighted by Crippen LogP contribution is 2.29.